The van der Waals surface area contributed by atoms with Crippen LogP contribution in [0.15, 0.2) is 24.3 Å². The summed E-state index contributed by atoms with van der Waals surface area (Å²) in [5.41, 5.74) is 2.63. The summed E-state index contributed by atoms with van der Waals surface area (Å²) in [7, 11) is 0. The minimum atomic E-state index is -0.317. The summed E-state index contributed by atoms with van der Waals surface area (Å²) in [4.78, 5) is 2.26. The van der Waals surface area contributed by atoms with Crippen molar-refractivity contribution in [2.45, 2.75) is 26.0 Å². The number of aryl methyl sites for hydroxylation is 1. The maximum absolute atomic E-state index is 10.0. The molecule has 20 heavy (non-hydrogen) atoms. The van der Waals surface area contributed by atoms with Gasteiger partial charge >= 0.3 is 0 Å². The number of nitrogens with one attached hydrogen (secondary N) is 1. The third-order valence-electron chi connectivity index (χ3n) is 3.71. The van der Waals surface area contributed by atoms with Crippen molar-refractivity contribution in [2.24, 2.45) is 0 Å². The number of aliphatic hydroxyl groups excluding tert-OH is 1. The highest BCUT2D eigenvalue weighted by atomic mass is 16.5. The third kappa shape index (κ3) is 5.21. The lowest BCUT2D eigenvalue weighted by molar-refractivity contribution is 0.0149. The molecule has 0 amide bonds. The maximum Gasteiger partial charge on any atom is 0.0791 e. The number of rotatable bonds is 7. The molecule has 1 aliphatic heterocycles. The summed E-state index contributed by atoms with van der Waals surface area (Å²) in [5.74, 6) is 0. The molecular weight excluding hydrogens is 252 g/mol. The van der Waals surface area contributed by atoms with Gasteiger partial charge in [0.15, 0.2) is 0 Å². The Morgan fingerprint density at radius 2 is 1.85 bits per heavy atom. The zero-order chi connectivity index (χ0) is 14.2. The number of hydrogen-bond donors (Lipinski definition) is 2. The second-order valence-corrected chi connectivity index (χ2v) is 5.37. The minimum absolute atomic E-state index is 0.317. The average molecular weight is 278 g/mol. The molecule has 0 spiro atoms. The molecule has 1 saturated heterocycles. The van der Waals surface area contributed by atoms with Crippen molar-refractivity contribution >= 4 is 0 Å². The van der Waals surface area contributed by atoms with Crippen LogP contribution in [0.3, 0.4) is 0 Å². The fraction of sp³-hybridized carbons (Fsp3) is 0.625. The molecule has 0 aliphatic carbocycles. The normalized spacial score (nSPS) is 18.1. The molecule has 112 valence electrons. The van der Waals surface area contributed by atoms with Crippen LogP contribution in [0.5, 0.6) is 0 Å². The van der Waals surface area contributed by atoms with Gasteiger partial charge in [0.25, 0.3) is 0 Å². The van der Waals surface area contributed by atoms with Crippen molar-refractivity contribution < 1.29 is 9.84 Å². The summed E-state index contributed by atoms with van der Waals surface area (Å²) in [6.07, 6.45) is 0.759. The van der Waals surface area contributed by atoms with Gasteiger partial charge in [0.2, 0.25) is 0 Å². The molecule has 4 heteroatoms. The molecule has 1 aromatic carbocycles. The second-order valence-electron chi connectivity index (χ2n) is 5.37. The number of β-amino-alcohol motifs (C(OH)–C–C–N with tert-alkyl or cyclic N) is 1. The van der Waals surface area contributed by atoms with Crippen LogP contribution in [-0.2, 0) is 17.7 Å². The summed E-state index contributed by atoms with van der Waals surface area (Å²) in [5, 5.41) is 13.3. The van der Waals surface area contributed by atoms with Crippen molar-refractivity contribution in [3.8, 4) is 0 Å². The molecule has 1 aromatic rings. The van der Waals surface area contributed by atoms with Gasteiger partial charge in [-0.3, -0.25) is 4.90 Å². The Kier molecular flexibility index (Phi) is 6.47. The third-order valence-corrected chi connectivity index (χ3v) is 3.71. The number of ether oxygens (including phenoxy) is 1. The second kappa shape index (κ2) is 8.37. The van der Waals surface area contributed by atoms with Crippen molar-refractivity contribution in [3.63, 3.8) is 0 Å². The summed E-state index contributed by atoms with van der Waals surface area (Å²) in [6, 6.07) is 8.64. The van der Waals surface area contributed by atoms with Crippen LogP contribution >= 0.6 is 0 Å². The monoisotopic (exact) mass is 278 g/mol. The summed E-state index contributed by atoms with van der Waals surface area (Å²) in [6.45, 7) is 7.75. The van der Waals surface area contributed by atoms with Gasteiger partial charge in [-0.05, 0) is 17.5 Å². The molecule has 2 rings (SSSR count). The van der Waals surface area contributed by atoms with E-state index >= 15 is 0 Å². The Morgan fingerprint density at radius 1 is 1.20 bits per heavy atom. The lowest BCUT2D eigenvalue weighted by atomic mass is 10.1. The minimum Gasteiger partial charge on any atom is -0.390 e. The quantitative estimate of drug-likeness (QED) is 0.782. The number of aliphatic hydroxyl groups is 1. The fourth-order valence-corrected chi connectivity index (χ4v) is 2.42. The molecule has 4 nitrogen and oxygen atoms in total. The first-order valence-electron chi connectivity index (χ1n) is 7.54. The van der Waals surface area contributed by atoms with Gasteiger partial charge in [0.1, 0.15) is 0 Å². The number of benzene rings is 1. The van der Waals surface area contributed by atoms with E-state index in [0.717, 1.165) is 45.8 Å². The maximum atomic E-state index is 10.0. The predicted octanol–water partition coefficient (Wildman–Crippen LogP) is 1.03. The van der Waals surface area contributed by atoms with Crippen LogP contribution in [0.25, 0.3) is 0 Å². The van der Waals surface area contributed by atoms with E-state index in [9.17, 15) is 5.11 Å². The van der Waals surface area contributed by atoms with Crippen molar-refractivity contribution in [1.82, 2.24) is 10.2 Å². The van der Waals surface area contributed by atoms with E-state index in [1.54, 1.807) is 0 Å². The van der Waals surface area contributed by atoms with E-state index in [1.807, 2.05) is 0 Å². The van der Waals surface area contributed by atoms with Gasteiger partial charge in [-0.15, -0.1) is 0 Å². The summed E-state index contributed by atoms with van der Waals surface area (Å²) >= 11 is 0. The van der Waals surface area contributed by atoms with Gasteiger partial charge < -0.3 is 15.2 Å². The standard InChI is InChI=1S/C16H26N2O2/c1-2-14-3-5-15(6-4-14)11-17-12-16(19)13-18-7-9-20-10-8-18/h3-6,16-17,19H,2,7-13H2,1H3. The van der Waals surface area contributed by atoms with Crippen LogP contribution in [0.1, 0.15) is 18.1 Å². The topological polar surface area (TPSA) is 44.7 Å². The zero-order valence-corrected chi connectivity index (χ0v) is 12.3. The number of hydrogen-bond acceptors (Lipinski definition) is 4. The van der Waals surface area contributed by atoms with Gasteiger partial charge in [0.05, 0.1) is 19.3 Å². The highest BCUT2D eigenvalue weighted by molar-refractivity contribution is 5.22. The Hall–Kier alpha value is -0.940. The molecule has 2 N–H and O–H groups in total. The highest BCUT2D eigenvalue weighted by Crippen LogP contribution is 2.05. The van der Waals surface area contributed by atoms with E-state index in [-0.39, 0.29) is 6.10 Å². The van der Waals surface area contributed by atoms with E-state index in [0.29, 0.717) is 6.54 Å². The van der Waals surface area contributed by atoms with Gasteiger partial charge in [-0.25, -0.2) is 0 Å². The molecule has 1 aliphatic rings. The first kappa shape index (κ1) is 15.4. The lowest BCUT2D eigenvalue weighted by Gasteiger charge is -2.28. The van der Waals surface area contributed by atoms with Crippen molar-refractivity contribution in [3.05, 3.63) is 35.4 Å². The Labute approximate surface area is 121 Å². The van der Waals surface area contributed by atoms with Crippen LogP contribution in [0, 0.1) is 0 Å². The van der Waals surface area contributed by atoms with Crippen molar-refractivity contribution in [2.75, 3.05) is 39.4 Å². The van der Waals surface area contributed by atoms with Gasteiger partial charge in [0, 0.05) is 32.7 Å². The molecule has 0 radical (unpaired) electrons. The van der Waals surface area contributed by atoms with E-state index in [4.69, 9.17) is 4.74 Å². The van der Waals surface area contributed by atoms with Gasteiger partial charge in [-0.1, -0.05) is 31.2 Å². The first-order valence-corrected chi connectivity index (χ1v) is 7.54. The van der Waals surface area contributed by atoms with E-state index in [1.165, 1.54) is 11.1 Å². The fourth-order valence-electron chi connectivity index (χ4n) is 2.42. The SMILES string of the molecule is CCc1ccc(CNCC(O)CN2CCOCC2)cc1. The first-order chi connectivity index (χ1) is 9.78. The average Bonchev–Trinajstić information content (AvgIpc) is 2.49. The molecule has 0 aromatic heterocycles. The van der Waals surface area contributed by atoms with Crippen LogP contribution in [-0.4, -0.2) is 55.5 Å². The Morgan fingerprint density at radius 3 is 2.50 bits per heavy atom. The Balaban J connectivity index is 1.63. The predicted molar refractivity (Wildman–Crippen MR) is 80.8 cm³/mol. The van der Waals surface area contributed by atoms with Crippen LogP contribution in [0.2, 0.25) is 0 Å². The molecule has 0 bridgehead atoms. The molecule has 0 saturated carbocycles. The lowest BCUT2D eigenvalue weighted by Crippen LogP contribution is -2.43. The Bertz CT molecular complexity index is 375. The number of morpholine rings is 1. The molecule has 1 fully saturated rings. The largest absolute Gasteiger partial charge is 0.390 e. The van der Waals surface area contributed by atoms with E-state index < -0.39 is 0 Å². The zero-order valence-electron chi connectivity index (χ0n) is 12.3. The van der Waals surface area contributed by atoms with Crippen LogP contribution in [0.4, 0.5) is 0 Å². The van der Waals surface area contributed by atoms with Crippen LogP contribution < -0.4 is 5.32 Å². The molecule has 1 heterocycles. The highest BCUT2D eigenvalue weighted by Gasteiger charge is 2.14. The van der Waals surface area contributed by atoms with Crippen molar-refractivity contribution in [1.29, 1.82) is 0 Å². The molecular formula is C16H26N2O2. The molecule has 1 unspecified atom stereocenters. The molecule has 1 atom stereocenters. The van der Waals surface area contributed by atoms with E-state index in [2.05, 4.69) is 41.4 Å². The summed E-state index contributed by atoms with van der Waals surface area (Å²) < 4.78 is 5.30. The smallest absolute Gasteiger partial charge is 0.0791 e. The number of nitrogens with zero attached hydrogens (tertiary/aromatic N) is 1. The van der Waals surface area contributed by atoms with Gasteiger partial charge in [-0.2, -0.15) is 0 Å².